The van der Waals surface area contributed by atoms with Gasteiger partial charge in [-0.05, 0) is 53.4 Å². The van der Waals surface area contributed by atoms with E-state index in [1.54, 1.807) is 6.92 Å². The van der Waals surface area contributed by atoms with Crippen LogP contribution in [0, 0.1) is 0 Å². The number of hydrogen-bond acceptors (Lipinski definition) is 4. The van der Waals surface area contributed by atoms with Gasteiger partial charge < -0.3 is 14.2 Å². The first-order valence-electron chi connectivity index (χ1n) is 11.2. The Morgan fingerprint density at radius 1 is 0.818 bits per heavy atom. The van der Waals surface area contributed by atoms with E-state index in [1.165, 1.54) is 5.56 Å². The van der Waals surface area contributed by atoms with Crippen LogP contribution in [0.3, 0.4) is 0 Å². The summed E-state index contributed by atoms with van der Waals surface area (Å²) in [5, 5.41) is 0. The molecule has 4 nitrogen and oxygen atoms in total. The van der Waals surface area contributed by atoms with Crippen molar-refractivity contribution in [1.29, 1.82) is 0 Å². The molecule has 0 unspecified atom stereocenters. The molecule has 4 heteroatoms. The van der Waals surface area contributed by atoms with Gasteiger partial charge in [-0.15, -0.1) is 0 Å². The van der Waals surface area contributed by atoms with Gasteiger partial charge >= 0.3 is 5.97 Å². The zero-order valence-corrected chi connectivity index (χ0v) is 19.9. The predicted molar refractivity (Wildman–Crippen MR) is 132 cm³/mol. The van der Waals surface area contributed by atoms with Crippen molar-refractivity contribution in [2.45, 2.75) is 46.1 Å². The quantitative estimate of drug-likeness (QED) is 0.252. The first-order chi connectivity index (χ1) is 15.8. The highest BCUT2D eigenvalue weighted by Gasteiger charge is 2.23. The summed E-state index contributed by atoms with van der Waals surface area (Å²) in [5.74, 6) is 1.23. The molecule has 0 saturated heterocycles. The Morgan fingerprint density at radius 3 is 1.82 bits per heavy atom. The Kier molecular flexibility index (Phi) is 7.94. The Balaban J connectivity index is 1.59. The molecule has 3 aromatic carbocycles. The molecular formula is C29H32O4. The molecule has 0 aliphatic heterocycles. The second kappa shape index (κ2) is 10.9. The number of carbonyl (C=O) groups excluding carboxylic acids is 1. The van der Waals surface area contributed by atoms with Gasteiger partial charge in [-0.2, -0.15) is 0 Å². The molecule has 0 atom stereocenters. The van der Waals surface area contributed by atoms with Gasteiger partial charge in [0.1, 0.15) is 18.1 Å². The van der Waals surface area contributed by atoms with Crippen LogP contribution in [0.4, 0.5) is 0 Å². The van der Waals surface area contributed by atoms with Crippen LogP contribution in [0.25, 0.3) is 5.57 Å². The molecule has 33 heavy (non-hydrogen) atoms. The van der Waals surface area contributed by atoms with Crippen molar-refractivity contribution in [3.63, 3.8) is 0 Å². The lowest BCUT2D eigenvalue weighted by molar-refractivity contribution is -0.149. The Bertz CT molecular complexity index is 1060. The minimum absolute atomic E-state index is 0.0745. The number of rotatable bonds is 10. The molecule has 0 radical (unpaired) electrons. The number of hydrogen-bond donors (Lipinski definition) is 0. The molecule has 0 spiro atoms. The lowest BCUT2D eigenvalue weighted by Crippen LogP contribution is -2.18. The van der Waals surface area contributed by atoms with Crippen LogP contribution < -0.4 is 9.47 Å². The van der Waals surface area contributed by atoms with Crippen LogP contribution in [-0.2, 0) is 21.6 Å². The highest BCUT2D eigenvalue weighted by molar-refractivity contribution is 5.68. The highest BCUT2D eigenvalue weighted by Crippen LogP contribution is 2.33. The van der Waals surface area contributed by atoms with Crippen LogP contribution in [0.2, 0.25) is 0 Å². The Labute approximate surface area is 196 Å². The average molecular weight is 445 g/mol. The van der Waals surface area contributed by atoms with E-state index in [-0.39, 0.29) is 18.2 Å². The highest BCUT2D eigenvalue weighted by atomic mass is 16.7. The summed E-state index contributed by atoms with van der Waals surface area (Å²) in [5.41, 5.74) is 5.48. The molecule has 0 fully saturated rings. The number of esters is 1. The fourth-order valence-electron chi connectivity index (χ4n) is 3.42. The fraction of sp³-hybridized carbons (Fsp3) is 0.276. The van der Waals surface area contributed by atoms with E-state index < -0.39 is 0 Å². The molecule has 0 heterocycles. The number of carbonyl (C=O) groups is 1. The van der Waals surface area contributed by atoms with Gasteiger partial charge in [0.15, 0.2) is 0 Å². The summed E-state index contributed by atoms with van der Waals surface area (Å²) < 4.78 is 16.4. The van der Waals surface area contributed by atoms with Crippen LogP contribution in [0.1, 0.15) is 56.4 Å². The van der Waals surface area contributed by atoms with Crippen LogP contribution in [0.15, 0.2) is 79.4 Å². The second-order valence-corrected chi connectivity index (χ2v) is 8.57. The van der Waals surface area contributed by atoms with Crippen LogP contribution >= 0.6 is 0 Å². The largest absolute Gasteiger partial charge is 0.489 e. The Morgan fingerprint density at radius 2 is 1.33 bits per heavy atom. The predicted octanol–water partition coefficient (Wildman–Crippen LogP) is 6.91. The van der Waals surface area contributed by atoms with Crippen molar-refractivity contribution in [3.8, 4) is 11.5 Å². The molecule has 172 valence electrons. The van der Waals surface area contributed by atoms with Crippen LogP contribution in [0.5, 0.6) is 11.5 Å². The monoisotopic (exact) mass is 444 g/mol. The third-order valence-electron chi connectivity index (χ3n) is 5.74. The maximum atomic E-state index is 11.2. The molecule has 0 amide bonds. The Hall–Kier alpha value is -3.53. The van der Waals surface area contributed by atoms with Crippen molar-refractivity contribution in [1.82, 2.24) is 0 Å². The van der Waals surface area contributed by atoms with E-state index in [0.717, 1.165) is 28.0 Å². The first-order valence-corrected chi connectivity index (χ1v) is 11.2. The topological polar surface area (TPSA) is 44.8 Å². The number of allylic oxidation sites excluding steroid dienone is 1. The van der Waals surface area contributed by atoms with Crippen molar-refractivity contribution in [3.05, 3.63) is 102 Å². The molecule has 0 N–H and O–H groups in total. The summed E-state index contributed by atoms with van der Waals surface area (Å²) in [7, 11) is 0. The van der Waals surface area contributed by atoms with Gasteiger partial charge in [0.2, 0.25) is 6.79 Å². The zero-order chi connectivity index (χ0) is 23.8. The third-order valence-corrected chi connectivity index (χ3v) is 5.74. The standard InChI is InChI=1S/C29H32O4/c1-6-28(30)33-20-32-27-17-13-25(14-18-27)29(4,5)24-11-15-26(16-12-24)31-19-22-7-9-23(10-8-22)21(2)3/h7-18H,2,6,19-20H2,1,3-5H3. The smallest absolute Gasteiger partial charge is 0.308 e. The van der Waals surface area contributed by atoms with Gasteiger partial charge in [-0.3, -0.25) is 4.79 Å². The van der Waals surface area contributed by atoms with Crippen molar-refractivity contribution < 1.29 is 19.0 Å². The number of ether oxygens (including phenoxy) is 3. The number of benzene rings is 3. The average Bonchev–Trinajstić information content (AvgIpc) is 2.83. The summed E-state index contributed by atoms with van der Waals surface area (Å²) in [6.45, 7) is 12.5. The molecule has 3 aromatic rings. The van der Waals surface area contributed by atoms with Crippen LogP contribution in [-0.4, -0.2) is 12.8 Å². The van der Waals surface area contributed by atoms with Gasteiger partial charge in [-0.1, -0.05) is 81.5 Å². The minimum Gasteiger partial charge on any atom is -0.489 e. The van der Waals surface area contributed by atoms with Gasteiger partial charge in [0, 0.05) is 11.8 Å². The van der Waals surface area contributed by atoms with Crippen molar-refractivity contribution >= 4 is 11.5 Å². The van der Waals surface area contributed by atoms with E-state index in [1.807, 2.05) is 43.3 Å². The SMILES string of the molecule is C=C(C)c1ccc(COc2ccc(C(C)(C)c3ccc(OCOC(=O)CC)cc3)cc2)cc1. The summed E-state index contributed by atoms with van der Waals surface area (Å²) in [6.07, 6.45) is 0.336. The normalized spacial score (nSPS) is 11.0. The first kappa shape index (κ1) is 24.1. The lowest BCUT2D eigenvalue weighted by atomic mass is 9.78. The van der Waals surface area contributed by atoms with Gasteiger partial charge in [-0.25, -0.2) is 0 Å². The fourth-order valence-corrected chi connectivity index (χ4v) is 3.42. The van der Waals surface area contributed by atoms with Crippen molar-refractivity contribution in [2.75, 3.05) is 6.79 Å². The molecule has 0 aliphatic carbocycles. The maximum Gasteiger partial charge on any atom is 0.308 e. The zero-order valence-electron chi connectivity index (χ0n) is 19.9. The van der Waals surface area contributed by atoms with E-state index in [9.17, 15) is 4.79 Å². The summed E-state index contributed by atoms with van der Waals surface area (Å²) >= 11 is 0. The maximum absolute atomic E-state index is 11.2. The molecule has 0 aromatic heterocycles. The molecule has 3 rings (SSSR count). The third kappa shape index (κ3) is 6.48. The van der Waals surface area contributed by atoms with E-state index >= 15 is 0 Å². The van der Waals surface area contributed by atoms with Crippen molar-refractivity contribution in [2.24, 2.45) is 0 Å². The van der Waals surface area contributed by atoms with Gasteiger partial charge in [0.25, 0.3) is 0 Å². The second-order valence-electron chi connectivity index (χ2n) is 8.57. The van der Waals surface area contributed by atoms with E-state index in [2.05, 4.69) is 56.8 Å². The van der Waals surface area contributed by atoms with E-state index in [4.69, 9.17) is 14.2 Å². The molecule has 0 bridgehead atoms. The van der Waals surface area contributed by atoms with E-state index in [0.29, 0.717) is 18.8 Å². The molecular weight excluding hydrogens is 412 g/mol. The van der Waals surface area contributed by atoms with Gasteiger partial charge in [0.05, 0.1) is 0 Å². The minimum atomic E-state index is -0.277. The molecule has 0 aliphatic rings. The summed E-state index contributed by atoms with van der Waals surface area (Å²) in [6, 6.07) is 24.4. The molecule has 0 saturated carbocycles. The lowest BCUT2D eigenvalue weighted by Gasteiger charge is -2.26. The summed E-state index contributed by atoms with van der Waals surface area (Å²) in [4.78, 5) is 11.2.